The molecule has 10 heavy (non-hydrogen) atoms. The Bertz CT molecular complexity index is 263. The van der Waals surface area contributed by atoms with Gasteiger partial charge in [0.2, 0.25) is 4.77 Å². The standard InChI is InChI=1S/C6H10N2OS/c1-3-9-8-4-5(2)7-6(8)10/h4H,3H2,1-2H3,(H,7,10). The minimum absolute atomic E-state index is 0.611. The molecule has 0 saturated heterocycles. The first-order chi connectivity index (χ1) is 4.74. The molecule has 0 saturated carbocycles. The van der Waals surface area contributed by atoms with Crippen LogP contribution in [0.5, 0.6) is 0 Å². The maximum Gasteiger partial charge on any atom is 0.211 e. The Morgan fingerprint density at radius 2 is 2.50 bits per heavy atom. The quantitative estimate of drug-likeness (QED) is 0.657. The lowest BCUT2D eigenvalue weighted by molar-refractivity contribution is 0.118. The molecule has 56 valence electrons. The number of nitrogens with one attached hydrogen (secondary N) is 1. The maximum atomic E-state index is 5.14. The molecule has 0 aliphatic carbocycles. The van der Waals surface area contributed by atoms with E-state index in [9.17, 15) is 0 Å². The van der Waals surface area contributed by atoms with E-state index in [1.54, 1.807) is 4.73 Å². The number of aromatic amines is 1. The molecule has 0 fully saturated rings. The summed E-state index contributed by atoms with van der Waals surface area (Å²) in [4.78, 5) is 8.08. The van der Waals surface area contributed by atoms with Crippen molar-refractivity contribution in [2.45, 2.75) is 13.8 Å². The fourth-order valence-electron chi connectivity index (χ4n) is 0.726. The summed E-state index contributed by atoms with van der Waals surface area (Å²) in [5, 5.41) is 0. The highest BCUT2D eigenvalue weighted by Crippen LogP contribution is 1.93. The molecule has 0 aromatic carbocycles. The Labute approximate surface area is 64.6 Å². The van der Waals surface area contributed by atoms with Crippen molar-refractivity contribution >= 4 is 12.2 Å². The molecule has 0 aliphatic rings. The van der Waals surface area contributed by atoms with Crippen molar-refractivity contribution in [3.63, 3.8) is 0 Å². The first-order valence-electron chi connectivity index (χ1n) is 3.15. The predicted octanol–water partition coefficient (Wildman–Crippen LogP) is 1.30. The van der Waals surface area contributed by atoms with Crippen molar-refractivity contribution in [3.8, 4) is 0 Å². The van der Waals surface area contributed by atoms with Gasteiger partial charge in [-0.1, -0.05) is 0 Å². The third-order valence-corrected chi connectivity index (χ3v) is 1.37. The van der Waals surface area contributed by atoms with Crippen LogP contribution in [0.4, 0.5) is 0 Å². The van der Waals surface area contributed by atoms with Crippen molar-refractivity contribution in [2.24, 2.45) is 0 Å². The molecule has 1 N–H and O–H groups in total. The highest BCUT2D eigenvalue weighted by molar-refractivity contribution is 7.71. The fraction of sp³-hybridized carbons (Fsp3) is 0.500. The molecule has 0 amide bonds. The average Bonchev–Trinajstić information content (AvgIpc) is 2.13. The molecule has 1 aromatic heterocycles. The van der Waals surface area contributed by atoms with Gasteiger partial charge in [0, 0.05) is 5.69 Å². The summed E-state index contributed by atoms with van der Waals surface area (Å²) in [6.07, 6.45) is 1.83. The molecular weight excluding hydrogens is 148 g/mol. The minimum atomic E-state index is 0.611. The number of hydrogen-bond donors (Lipinski definition) is 1. The van der Waals surface area contributed by atoms with E-state index in [4.69, 9.17) is 17.1 Å². The van der Waals surface area contributed by atoms with Crippen LogP contribution in [0, 0.1) is 11.7 Å². The third kappa shape index (κ3) is 1.39. The molecule has 0 atom stereocenters. The first kappa shape index (κ1) is 7.34. The first-order valence-corrected chi connectivity index (χ1v) is 3.56. The molecule has 0 bridgehead atoms. The summed E-state index contributed by atoms with van der Waals surface area (Å²) in [5.41, 5.74) is 1.01. The van der Waals surface area contributed by atoms with Gasteiger partial charge in [0.1, 0.15) is 6.61 Å². The van der Waals surface area contributed by atoms with Crippen LogP contribution >= 0.6 is 12.2 Å². The molecule has 1 heterocycles. The van der Waals surface area contributed by atoms with E-state index in [0.29, 0.717) is 11.4 Å². The summed E-state index contributed by atoms with van der Waals surface area (Å²) in [6, 6.07) is 0. The summed E-state index contributed by atoms with van der Waals surface area (Å²) >= 11 is 4.92. The van der Waals surface area contributed by atoms with E-state index in [-0.39, 0.29) is 0 Å². The van der Waals surface area contributed by atoms with E-state index >= 15 is 0 Å². The van der Waals surface area contributed by atoms with Gasteiger partial charge in [0.25, 0.3) is 0 Å². The number of H-pyrrole nitrogens is 1. The van der Waals surface area contributed by atoms with Gasteiger partial charge in [0.05, 0.1) is 6.20 Å². The highest BCUT2D eigenvalue weighted by Gasteiger charge is 1.93. The van der Waals surface area contributed by atoms with E-state index in [2.05, 4.69) is 4.98 Å². The second-order valence-corrected chi connectivity index (χ2v) is 2.37. The van der Waals surface area contributed by atoms with Crippen LogP contribution in [0.15, 0.2) is 6.20 Å². The lowest BCUT2D eigenvalue weighted by Gasteiger charge is -1.99. The second kappa shape index (κ2) is 2.88. The van der Waals surface area contributed by atoms with Crippen molar-refractivity contribution in [1.82, 2.24) is 9.71 Å². The number of aromatic nitrogens is 2. The molecule has 3 nitrogen and oxygen atoms in total. The number of hydrogen-bond acceptors (Lipinski definition) is 2. The Hall–Kier alpha value is -0.770. The maximum absolute atomic E-state index is 5.14. The van der Waals surface area contributed by atoms with Gasteiger partial charge < -0.3 is 9.82 Å². The lowest BCUT2D eigenvalue weighted by Crippen LogP contribution is -2.08. The van der Waals surface area contributed by atoms with E-state index in [1.807, 2.05) is 20.0 Å². The molecular formula is C6H10N2OS. The molecule has 0 unspecified atom stereocenters. The van der Waals surface area contributed by atoms with Crippen LogP contribution in [0.2, 0.25) is 0 Å². The SMILES string of the molecule is CCOn1cc(C)[nH]c1=S. The Balaban J connectivity index is 2.92. The van der Waals surface area contributed by atoms with Crippen molar-refractivity contribution in [3.05, 3.63) is 16.7 Å². The molecule has 4 heteroatoms. The number of aryl methyl sites for hydroxylation is 1. The molecule has 0 spiro atoms. The van der Waals surface area contributed by atoms with Crippen LogP contribution < -0.4 is 4.84 Å². The Morgan fingerprint density at radius 3 is 2.90 bits per heavy atom. The van der Waals surface area contributed by atoms with Crippen LogP contribution in [0.25, 0.3) is 0 Å². The molecule has 0 aliphatic heterocycles. The fourth-order valence-corrected chi connectivity index (χ4v) is 0.992. The Morgan fingerprint density at radius 1 is 1.80 bits per heavy atom. The minimum Gasteiger partial charge on any atom is -0.412 e. The summed E-state index contributed by atoms with van der Waals surface area (Å²) in [5.74, 6) is 0. The van der Waals surface area contributed by atoms with E-state index in [1.165, 1.54) is 0 Å². The van der Waals surface area contributed by atoms with Gasteiger partial charge in [0.15, 0.2) is 0 Å². The number of nitrogens with zero attached hydrogens (tertiary/aromatic N) is 1. The van der Waals surface area contributed by atoms with Crippen LogP contribution in [-0.4, -0.2) is 16.3 Å². The number of imidazole rings is 1. The summed E-state index contributed by atoms with van der Waals surface area (Å²) in [7, 11) is 0. The Kier molecular flexibility index (Phi) is 2.11. The second-order valence-electron chi connectivity index (χ2n) is 1.99. The summed E-state index contributed by atoms with van der Waals surface area (Å²) < 4.78 is 2.17. The van der Waals surface area contributed by atoms with Gasteiger partial charge in [-0.05, 0) is 26.1 Å². The van der Waals surface area contributed by atoms with Crippen molar-refractivity contribution in [2.75, 3.05) is 6.61 Å². The van der Waals surface area contributed by atoms with E-state index in [0.717, 1.165) is 5.69 Å². The van der Waals surface area contributed by atoms with Crippen molar-refractivity contribution < 1.29 is 4.84 Å². The largest absolute Gasteiger partial charge is 0.412 e. The van der Waals surface area contributed by atoms with Gasteiger partial charge >= 0.3 is 0 Å². The molecule has 0 radical (unpaired) electrons. The van der Waals surface area contributed by atoms with Gasteiger partial charge in [-0.2, -0.15) is 4.73 Å². The number of rotatable bonds is 2. The summed E-state index contributed by atoms with van der Waals surface area (Å²) in [6.45, 7) is 4.49. The zero-order valence-corrected chi connectivity index (χ0v) is 6.86. The monoisotopic (exact) mass is 158 g/mol. The van der Waals surface area contributed by atoms with Crippen molar-refractivity contribution in [1.29, 1.82) is 0 Å². The van der Waals surface area contributed by atoms with Gasteiger partial charge in [-0.25, -0.2) is 0 Å². The molecule has 1 aromatic rings. The predicted molar refractivity (Wildman–Crippen MR) is 41.5 cm³/mol. The zero-order chi connectivity index (χ0) is 7.56. The lowest BCUT2D eigenvalue weighted by atomic mass is 10.6. The van der Waals surface area contributed by atoms with Crippen LogP contribution in [0.3, 0.4) is 0 Å². The van der Waals surface area contributed by atoms with Gasteiger partial charge in [-0.3, -0.25) is 0 Å². The van der Waals surface area contributed by atoms with Gasteiger partial charge in [-0.15, -0.1) is 0 Å². The van der Waals surface area contributed by atoms with E-state index < -0.39 is 0 Å². The normalized spacial score (nSPS) is 9.80. The smallest absolute Gasteiger partial charge is 0.211 e. The topological polar surface area (TPSA) is 29.9 Å². The van der Waals surface area contributed by atoms with Crippen LogP contribution in [-0.2, 0) is 0 Å². The molecule has 1 rings (SSSR count). The van der Waals surface area contributed by atoms with Crippen LogP contribution in [0.1, 0.15) is 12.6 Å². The third-order valence-electron chi connectivity index (χ3n) is 1.08. The average molecular weight is 158 g/mol. The highest BCUT2D eigenvalue weighted by atomic mass is 32.1. The zero-order valence-electron chi connectivity index (χ0n) is 6.05.